The molecule has 0 amide bonds. The van der Waals surface area contributed by atoms with Gasteiger partial charge in [-0.2, -0.15) is 0 Å². The highest BCUT2D eigenvalue weighted by atomic mass is 79.9. The Morgan fingerprint density at radius 1 is 1.60 bits per heavy atom. The molecule has 0 bridgehead atoms. The minimum absolute atomic E-state index is 0.203. The lowest BCUT2D eigenvalue weighted by Crippen LogP contribution is -2.18. The van der Waals surface area contributed by atoms with Gasteiger partial charge in [-0.1, -0.05) is 0 Å². The van der Waals surface area contributed by atoms with Crippen LogP contribution in [0.3, 0.4) is 0 Å². The number of rotatable bonds is 5. The largest absolute Gasteiger partial charge is 0.469 e. The number of nitrogens with one attached hydrogen (secondary N) is 1. The van der Waals surface area contributed by atoms with Gasteiger partial charge in [0.1, 0.15) is 0 Å². The highest BCUT2D eigenvalue weighted by molar-refractivity contribution is 9.10. The molecule has 0 aliphatic carbocycles. The summed E-state index contributed by atoms with van der Waals surface area (Å²) in [6.07, 6.45) is 2.13. The number of ether oxygens (including phenoxy) is 1. The number of hydrogen-bond acceptors (Lipinski definition) is 4. The van der Waals surface area contributed by atoms with Crippen molar-refractivity contribution in [1.82, 2.24) is 10.3 Å². The summed E-state index contributed by atoms with van der Waals surface area (Å²) in [5.41, 5.74) is 0.947. The first-order valence-corrected chi connectivity index (χ1v) is 5.39. The van der Waals surface area contributed by atoms with Crippen LogP contribution in [-0.4, -0.2) is 24.6 Å². The summed E-state index contributed by atoms with van der Waals surface area (Å²) in [4.78, 5) is 15.0. The van der Waals surface area contributed by atoms with Gasteiger partial charge in [0, 0.05) is 23.8 Å². The maximum Gasteiger partial charge on any atom is 0.306 e. The fourth-order valence-electron chi connectivity index (χ4n) is 1.02. The highest BCUT2D eigenvalue weighted by Crippen LogP contribution is 2.06. The summed E-state index contributed by atoms with van der Waals surface area (Å²) in [5.74, 6) is -0.203. The molecule has 1 aromatic rings. The Balaban J connectivity index is 2.20. The van der Waals surface area contributed by atoms with E-state index in [0.29, 0.717) is 19.5 Å². The Morgan fingerprint density at radius 2 is 2.40 bits per heavy atom. The summed E-state index contributed by atoms with van der Waals surface area (Å²) in [6.45, 7) is 1.26. The predicted octanol–water partition coefficient (Wildman–Crippen LogP) is 1.50. The molecule has 0 saturated heterocycles. The smallest absolute Gasteiger partial charge is 0.306 e. The van der Waals surface area contributed by atoms with Crippen LogP contribution in [0, 0.1) is 0 Å². The Morgan fingerprint density at radius 3 is 3.00 bits per heavy atom. The first-order chi connectivity index (χ1) is 7.22. The number of esters is 1. The summed E-state index contributed by atoms with van der Waals surface area (Å²) in [5, 5.41) is 3.11. The molecule has 1 heterocycles. The maximum atomic E-state index is 10.8. The minimum atomic E-state index is -0.203. The van der Waals surface area contributed by atoms with E-state index < -0.39 is 0 Å². The molecule has 0 fully saturated rings. The van der Waals surface area contributed by atoms with Crippen molar-refractivity contribution in [2.75, 3.05) is 13.7 Å². The van der Waals surface area contributed by atoms with E-state index in [1.165, 1.54) is 7.11 Å². The van der Waals surface area contributed by atoms with Crippen molar-refractivity contribution in [3.05, 3.63) is 28.5 Å². The molecule has 0 aromatic carbocycles. The third-order valence-corrected chi connectivity index (χ3v) is 2.30. The lowest BCUT2D eigenvalue weighted by molar-refractivity contribution is -0.140. The first kappa shape index (κ1) is 12.1. The van der Waals surface area contributed by atoms with Gasteiger partial charge < -0.3 is 10.1 Å². The zero-order valence-corrected chi connectivity index (χ0v) is 10.1. The van der Waals surface area contributed by atoms with E-state index in [1.54, 1.807) is 6.20 Å². The number of carbonyl (C=O) groups excluding carboxylic acids is 1. The Kier molecular flexibility index (Phi) is 5.28. The van der Waals surface area contributed by atoms with Crippen molar-refractivity contribution in [1.29, 1.82) is 0 Å². The van der Waals surface area contributed by atoms with Crippen LogP contribution in [0.4, 0.5) is 0 Å². The number of hydrogen-bond donors (Lipinski definition) is 1. The van der Waals surface area contributed by atoms with Crippen LogP contribution in [0.15, 0.2) is 22.8 Å². The quantitative estimate of drug-likeness (QED) is 0.652. The van der Waals surface area contributed by atoms with Crippen LogP contribution in [0.1, 0.15) is 12.1 Å². The SMILES string of the molecule is COC(=O)CCNCc1ccc(Br)cn1. The molecular formula is C10H13BrN2O2. The second-order valence-electron chi connectivity index (χ2n) is 2.97. The molecule has 0 aliphatic rings. The lowest BCUT2D eigenvalue weighted by atomic mass is 10.3. The topological polar surface area (TPSA) is 51.2 Å². The number of nitrogens with zero attached hydrogens (tertiary/aromatic N) is 1. The van der Waals surface area contributed by atoms with Gasteiger partial charge in [-0.15, -0.1) is 0 Å². The number of pyridine rings is 1. The van der Waals surface area contributed by atoms with Crippen molar-refractivity contribution >= 4 is 21.9 Å². The molecule has 0 atom stereocenters. The first-order valence-electron chi connectivity index (χ1n) is 4.60. The van der Waals surface area contributed by atoms with Crippen molar-refractivity contribution in [3.63, 3.8) is 0 Å². The van der Waals surface area contributed by atoms with Gasteiger partial charge in [-0.05, 0) is 28.1 Å². The van der Waals surface area contributed by atoms with Gasteiger partial charge >= 0.3 is 5.97 Å². The zero-order chi connectivity index (χ0) is 11.1. The Labute approximate surface area is 97.2 Å². The normalized spacial score (nSPS) is 10.0. The average Bonchev–Trinajstić information content (AvgIpc) is 2.26. The molecule has 1 aromatic heterocycles. The summed E-state index contributed by atoms with van der Waals surface area (Å²) < 4.78 is 5.48. The van der Waals surface area contributed by atoms with E-state index >= 15 is 0 Å². The van der Waals surface area contributed by atoms with Crippen LogP contribution in [0.25, 0.3) is 0 Å². The van der Waals surface area contributed by atoms with Crippen molar-refractivity contribution in [2.45, 2.75) is 13.0 Å². The highest BCUT2D eigenvalue weighted by Gasteiger charge is 1.99. The summed E-state index contributed by atoms with van der Waals surface area (Å²) >= 11 is 3.31. The van der Waals surface area contributed by atoms with Crippen LogP contribution in [0.5, 0.6) is 0 Å². The third kappa shape index (κ3) is 4.90. The second kappa shape index (κ2) is 6.53. The van der Waals surface area contributed by atoms with Crippen LogP contribution >= 0.6 is 15.9 Å². The molecule has 15 heavy (non-hydrogen) atoms. The number of methoxy groups -OCH3 is 1. The Bertz CT molecular complexity index is 314. The van der Waals surface area contributed by atoms with Gasteiger partial charge in [-0.25, -0.2) is 0 Å². The second-order valence-corrected chi connectivity index (χ2v) is 3.89. The molecular weight excluding hydrogens is 260 g/mol. The maximum absolute atomic E-state index is 10.8. The van der Waals surface area contributed by atoms with Crippen LogP contribution in [0.2, 0.25) is 0 Å². The molecule has 0 saturated carbocycles. The standard InChI is InChI=1S/C10H13BrN2O2/c1-15-10(14)4-5-12-7-9-3-2-8(11)6-13-9/h2-3,6,12H,4-5,7H2,1H3. The van der Waals surface area contributed by atoms with Gasteiger partial charge in [0.15, 0.2) is 0 Å². The minimum Gasteiger partial charge on any atom is -0.469 e. The molecule has 1 rings (SSSR count). The van der Waals surface area contributed by atoms with E-state index in [-0.39, 0.29) is 5.97 Å². The fraction of sp³-hybridized carbons (Fsp3) is 0.400. The van der Waals surface area contributed by atoms with Gasteiger partial charge in [0.25, 0.3) is 0 Å². The van der Waals surface area contributed by atoms with Crippen LogP contribution in [-0.2, 0) is 16.1 Å². The van der Waals surface area contributed by atoms with Crippen molar-refractivity contribution < 1.29 is 9.53 Å². The van der Waals surface area contributed by atoms with E-state index in [1.807, 2.05) is 12.1 Å². The zero-order valence-electron chi connectivity index (χ0n) is 8.50. The molecule has 4 nitrogen and oxygen atoms in total. The average molecular weight is 273 g/mol. The third-order valence-electron chi connectivity index (χ3n) is 1.83. The molecule has 0 spiro atoms. The molecule has 1 N–H and O–H groups in total. The molecule has 0 unspecified atom stereocenters. The number of halogens is 1. The summed E-state index contributed by atoms with van der Waals surface area (Å²) in [7, 11) is 1.39. The lowest BCUT2D eigenvalue weighted by Gasteiger charge is -2.03. The van der Waals surface area contributed by atoms with E-state index in [2.05, 4.69) is 31.0 Å². The molecule has 0 aliphatic heterocycles. The fourth-order valence-corrected chi connectivity index (χ4v) is 1.25. The van der Waals surface area contributed by atoms with Gasteiger partial charge in [0.2, 0.25) is 0 Å². The molecule has 5 heteroatoms. The van der Waals surface area contributed by atoms with E-state index in [9.17, 15) is 4.79 Å². The van der Waals surface area contributed by atoms with Crippen LogP contribution < -0.4 is 5.32 Å². The monoisotopic (exact) mass is 272 g/mol. The van der Waals surface area contributed by atoms with Gasteiger partial charge in [-0.3, -0.25) is 9.78 Å². The number of aromatic nitrogens is 1. The predicted molar refractivity (Wildman–Crippen MR) is 60.3 cm³/mol. The van der Waals surface area contributed by atoms with E-state index in [4.69, 9.17) is 0 Å². The Hall–Kier alpha value is -0.940. The van der Waals surface area contributed by atoms with Gasteiger partial charge in [0.05, 0.1) is 19.2 Å². The van der Waals surface area contributed by atoms with Crippen molar-refractivity contribution in [2.24, 2.45) is 0 Å². The van der Waals surface area contributed by atoms with E-state index in [0.717, 1.165) is 10.2 Å². The molecule has 82 valence electrons. The molecule has 0 radical (unpaired) electrons. The number of carbonyl (C=O) groups is 1. The van der Waals surface area contributed by atoms with Crippen molar-refractivity contribution in [3.8, 4) is 0 Å². The summed E-state index contributed by atoms with van der Waals surface area (Å²) in [6, 6.07) is 3.86.